The van der Waals surface area contributed by atoms with Gasteiger partial charge in [-0.1, -0.05) is 65.1 Å². The Labute approximate surface area is 213 Å². The summed E-state index contributed by atoms with van der Waals surface area (Å²) in [5.41, 5.74) is 2.69. The van der Waals surface area contributed by atoms with E-state index in [1.807, 2.05) is 18.2 Å². The fraction of sp³-hybridized carbons (Fsp3) is 0.167. The average molecular weight is 534 g/mol. The van der Waals surface area contributed by atoms with Crippen LogP contribution in [0.3, 0.4) is 0 Å². The van der Waals surface area contributed by atoms with Crippen LogP contribution in [0.25, 0.3) is 0 Å². The molecule has 1 N–H and O–H groups in total. The molecule has 3 aromatic rings. The van der Waals surface area contributed by atoms with Crippen LogP contribution in [0, 0.1) is 11.3 Å². The Hall–Kier alpha value is -2.60. The lowest BCUT2D eigenvalue weighted by Crippen LogP contribution is -2.30. The van der Waals surface area contributed by atoms with Crippen molar-refractivity contribution >= 4 is 56.2 Å². The summed E-state index contributed by atoms with van der Waals surface area (Å²) in [5, 5.41) is 17.0. The first-order valence-electron chi connectivity index (χ1n) is 10.3. The summed E-state index contributed by atoms with van der Waals surface area (Å²) in [6.07, 6.45) is 0.475. The normalized spacial score (nSPS) is 15.8. The van der Waals surface area contributed by atoms with E-state index in [4.69, 9.17) is 45.2 Å². The maximum atomic E-state index is 13.0. The Kier molecular flexibility index (Phi) is 7.46. The molecule has 0 aromatic heterocycles. The highest BCUT2D eigenvalue weighted by Gasteiger charge is 2.31. The number of hydrogen-bond acceptors (Lipinski definition) is 5. The third-order valence-corrected chi connectivity index (χ3v) is 7.67. The van der Waals surface area contributed by atoms with Gasteiger partial charge in [-0.25, -0.2) is 13.1 Å². The molecule has 0 fully saturated rings. The molecule has 0 aliphatic carbocycles. The highest BCUT2D eigenvalue weighted by molar-refractivity contribution is 7.89. The molecular weight excluding hydrogens is 515 g/mol. The Bertz CT molecular complexity index is 1390. The number of rotatable bonds is 7. The molecule has 3 aromatic carbocycles. The molecule has 4 rings (SSSR count). The summed E-state index contributed by atoms with van der Waals surface area (Å²) in [4.78, 5) is 0.0852. The van der Waals surface area contributed by atoms with Crippen molar-refractivity contribution < 1.29 is 8.42 Å². The molecule has 6 nitrogen and oxygen atoms in total. The van der Waals surface area contributed by atoms with E-state index in [9.17, 15) is 8.42 Å². The Morgan fingerprint density at radius 1 is 1.03 bits per heavy atom. The molecule has 174 valence electrons. The Balaban J connectivity index is 1.62. The van der Waals surface area contributed by atoms with E-state index in [2.05, 4.69) is 4.72 Å². The molecule has 1 aliphatic heterocycles. The molecule has 1 atom stereocenters. The molecule has 0 saturated carbocycles. The van der Waals surface area contributed by atoms with E-state index in [-0.39, 0.29) is 23.9 Å². The summed E-state index contributed by atoms with van der Waals surface area (Å²) in [5.74, 6) is 0. The number of hydrogen-bond donors (Lipinski definition) is 1. The number of nitrogens with zero attached hydrogens (tertiary/aromatic N) is 3. The van der Waals surface area contributed by atoms with Crippen LogP contribution in [-0.4, -0.2) is 20.7 Å². The molecule has 0 saturated heterocycles. The molecule has 10 heteroatoms. The third-order valence-electron chi connectivity index (χ3n) is 5.38. The molecule has 0 bridgehead atoms. The number of halogens is 3. The van der Waals surface area contributed by atoms with Gasteiger partial charge in [0.1, 0.15) is 0 Å². The van der Waals surface area contributed by atoms with Crippen molar-refractivity contribution in [2.45, 2.75) is 23.8 Å². The zero-order valence-corrected chi connectivity index (χ0v) is 20.8. The maximum absolute atomic E-state index is 13.0. The topological polar surface area (TPSA) is 85.6 Å². The van der Waals surface area contributed by atoms with E-state index in [1.54, 1.807) is 53.5 Å². The van der Waals surface area contributed by atoms with Gasteiger partial charge in [-0.05, 0) is 47.5 Å². The molecule has 34 heavy (non-hydrogen) atoms. The number of nitrogens with one attached hydrogen (secondary N) is 1. The predicted molar refractivity (Wildman–Crippen MR) is 136 cm³/mol. The first-order valence-corrected chi connectivity index (χ1v) is 12.9. The van der Waals surface area contributed by atoms with Gasteiger partial charge in [-0.3, -0.25) is 5.01 Å². The van der Waals surface area contributed by atoms with Gasteiger partial charge in [-0.2, -0.15) is 10.4 Å². The van der Waals surface area contributed by atoms with Gasteiger partial charge in [0, 0.05) is 16.5 Å². The number of nitriles is 1. The van der Waals surface area contributed by atoms with Crippen LogP contribution < -0.4 is 9.73 Å². The second kappa shape index (κ2) is 10.3. The molecule has 1 aliphatic rings. The SMILES string of the molecule is N#CCc1ccccc1S(=O)(=O)NCC1=NN(c2ccc(Cl)cc2Cl)C(c2ccc(Cl)cc2)C1. The first kappa shape index (κ1) is 24.5. The highest BCUT2D eigenvalue weighted by Crippen LogP contribution is 2.39. The summed E-state index contributed by atoms with van der Waals surface area (Å²) < 4.78 is 28.6. The minimum absolute atomic E-state index is 0.000482. The quantitative estimate of drug-likeness (QED) is 0.404. The van der Waals surface area contributed by atoms with Gasteiger partial charge in [0.2, 0.25) is 10.0 Å². The minimum atomic E-state index is -3.85. The van der Waals surface area contributed by atoms with Crippen LogP contribution in [0.4, 0.5) is 5.69 Å². The fourth-order valence-corrected chi connectivity index (χ4v) is 5.64. The summed E-state index contributed by atoms with van der Waals surface area (Å²) in [7, 11) is -3.85. The van der Waals surface area contributed by atoms with Crippen LogP contribution >= 0.6 is 34.8 Å². The molecule has 0 radical (unpaired) electrons. The predicted octanol–water partition coefficient (Wildman–Crippen LogP) is 6.00. The molecule has 1 heterocycles. The van der Waals surface area contributed by atoms with Crippen molar-refractivity contribution in [3.8, 4) is 6.07 Å². The van der Waals surface area contributed by atoms with E-state index in [0.717, 1.165) is 5.56 Å². The van der Waals surface area contributed by atoms with Crippen molar-refractivity contribution in [3.05, 3.63) is 92.9 Å². The Morgan fingerprint density at radius 2 is 1.74 bits per heavy atom. The standard InChI is InChI=1S/C24H19Cl3N4O2S/c25-18-7-5-16(6-8-18)23-14-20(30-31(23)22-10-9-19(26)13-21(22)27)15-29-34(32,33)24-4-2-1-3-17(24)11-12-28/h1-10,13,23,29H,11,14-15H2. The number of benzene rings is 3. The zero-order valence-electron chi connectivity index (χ0n) is 17.7. The lowest BCUT2D eigenvalue weighted by atomic mass is 10.0. The number of sulfonamides is 1. The lowest BCUT2D eigenvalue weighted by molar-refractivity contribution is 0.585. The minimum Gasteiger partial charge on any atom is -0.256 e. The lowest BCUT2D eigenvalue weighted by Gasteiger charge is -2.25. The fourth-order valence-electron chi connectivity index (χ4n) is 3.77. The monoisotopic (exact) mass is 532 g/mol. The zero-order chi connectivity index (χ0) is 24.3. The smallest absolute Gasteiger partial charge is 0.241 e. The van der Waals surface area contributed by atoms with Crippen LogP contribution in [0.5, 0.6) is 0 Å². The van der Waals surface area contributed by atoms with E-state index < -0.39 is 10.0 Å². The molecule has 0 amide bonds. The van der Waals surface area contributed by atoms with E-state index in [0.29, 0.717) is 38.5 Å². The molecule has 0 spiro atoms. The van der Waals surface area contributed by atoms with Gasteiger partial charge in [0.15, 0.2) is 0 Å². The van der Waals surface area contributed by atoms with E-state index >= 15 is 0 Å². The maximum Gasteiger partial charge on any atom is 0.241 e. The van der Waals surface area contributed by atoms with Crippen LogP contribution in [-0.2, 0) is 16.4 Å². The van der Waals surface area contributed by atoms with Crippen molar-refractivity contribution in [3.63, 3.8) is 0 Å². The second-order valence-corrected chi connectivity index (χ2v) is 10.7. The number of anilines is 1. The molecule has 1 unspecified atom stereocenters. The van der Waals surface area contributed by atoms with Crippen LogP contribution in [0.2, 0.25) is 15.1 Å². The van der Waals surface area contributed by atoms with Crippen molar-refractivity contribution in [2.24, 2.45) is 5.10 Å². The van der Waals surface area contributed by atoms with Crippen molar-refractivity contribution in [1.82, 2.24) is 4.72 Å². The van der Waals surface area contributed by atoms with Crippen LogP contribution in [0.15, 0.2) is 76.7 Å². The first-order chi connectivity index (χ1) is 16.3. The molecular formula is C24H19Cl3N4O2S. The summed E-state index contributed by atoms with van der Waals surface area (Å²) >= 11 is 18.6. The van der Waals surface area contributed by atoms with Gasteiger partial charge < -0.3 is 0 Å². The van der Waals surface area contributed by atoms with Gasteiger partial charge in [-0.15, -0.1) is 0 Å². The summed E-state index contributed by atoms with van der Waals surface area (Å²) in [6, 6.07) is 20.8. The van der Waals surface area contributed by atoms with Gasteiger partial charge in [0.25, 0.3) is 0 Å². The van der Waals surface area contributed by atoms with Crippen LogP contribution in [0.1, 0.15) is 23.6 Å². The highest BCUT2D eigenvalue weighted by atomic mass is 35.5. The van der Waals surface area contributed by atoms with Crippen molar-refractivity contribution in [2.75, 3.05) is 11.6 Å². The Morgan fingerprint density at radius 3 is 2.44 bits per heavy atom. The number of hydrazone groups is 1. The average Bonchev–Trinajstić information content (AvgIpc) is 3.23. The summed E-state index contributed by atoms with van der Waals surface area (Å²) in [6.45, 7) is 0.00895. The third kappa shape index (κ3) is 5.38. The van der Waals surface area contributed by atoms with E-state index in [1.165, 1.54) is 6.07 Å². The van der Waals surface area contributed by atoms with Gasteiger partial charge >= 0.3 is 0 Å². The largest absolute Gasteiger partial charge is 0.256 e. The second-order valence-electron chi connectivity index (χ2n) is 7.65. The van der Waals surface area contributed by atoms with Crippen molar-refractivity contribution in [1.29, 1.82) is 5.26 Å². The van der Waals surface area contributed by atoms with Gasteiger partial charge in [0.05, 0.1) is 46.4 Å².